The average molecular weight is 486 g/mol. The van der Waals surface area contributed by atoms with Gasteiger partial charge in [-0.3, -0.25) is 9.69 Å². The zero-order valence-corrected chi connectivity index (χ0v) is 21.5. The molecule has 190 valence electrons. The van der Waals surface area contributed by atoms with Crippen LogP contribution in [0.4, 0.5) is 5.69 Å². The van der Waals surface area contributed by atoms with Gasteiger partial charge < -0.3 is 15.0 Å². The van der Waals surface area contributed by atoms with Gasteiger partial charge in [0.1, 0.15) is 5.75 Å². The molecule has 1 heterocycles. The Morgan fingerprint density at radius 1 is 0.917 bits per heavy atom. The van der Waals surface area contributed by atoms with Crippen molar-refractivity contribution >= 4 is 22.4 Å². The summed E-state index contributed by atoms with van der Waals surface area (Å²) in [7, 11) is 1.74. The van der Waals surface area contributed by atoms with Crippen LogP contribution in [0.5, 0.6) is 5.75 Å². The van der Waals surface area contributed by atoms with Crippen molar-refractivity contribution in [3.63, 3.8) is 0 Å². The van der Waals surface area contributed by atoms with Gasteiger partial charge in [-0.2, -0.15) is 0 Å². The van der Waals surface area contributed by atoms with Gasteiger partial charge in [0, 0.05) is 38.6 Å². The third-order valence-electron chi connectivity index (χ3n) is 8.00. The Kier molecular flexibility index (Phi) is 8.07. The first-order valence-corrected chi connectivity index (χ1v) is 13.6. The van der Waals surface area contributed by atoms with E-state index in [4.69, 9.17) is 4.74 Å². The zero-order chi connectivity index (χ0) is 24.7. The van der Waals surface area contributed by atoms with Crippen LogP contribution in [-0.4, -0.2) is 50.6 Å². The molecule has 2 fully saturated rings. The molecule has 2 aliphatic rings. The lowest BCUT2D eigenvalue weighted by atomic mass is 9.88. The molecule has 0 aromatic heterocycles. The molecule has 0 spiro atoms. The first kappa shape index (κ1) is 24.6. The Bertz CT molecular complexity index is 1150. The normalized spacial score (nSPS) is 18.2. The van der Waals surface area contributed by atoms with E-state index in [1.54, 1.807) is 7.11 Å². The summed E-state index contributed by atoms with van der Waals surface area (Å²) in [5.74, 6) is 1.35. The number of hydrogen-bond acceptors (Lipinski definition) is 4. The van der Waals surface area contributed by atoms with Gasteiger partial charge >= 0.3 is 0 Å². The molecule has 3 aromatic carbocycles. The molecule has 36 heavy (non-hydrogen) atoms. The fourth-order valence-corrected chi connectivity index (χ4v) is 5.82. The van der Waals surface area contributed by atoms with Crippen LogP contribution >= 0.6 is 0 Å². The lowest BCUT2D eigenvalue weighted by Crippen LogP contribution is -2.47. The van der Waals surface area contributed by atoms with Crippen molar-refractivity contribution in [3.8, 4) is 5.75 Å². The quantitative estimate of drug-likeness (QED) is 0.438. The maximum absolute atomic E-state index is 13.2. The molecule has 1 N–H and O–H groups in total. The molecule has 3 aromatic rings. The minimum Gasteiger partial charge on any atom is -0.495 e. The highest BCUT2D eigenvalue weighted by Gasteiger charge is 2.25. The summed E-state index contributed by atoms with van der Waals surface area (Å²) in [6.45, 7) is 4.96. The van der Waals surface area contributed by atoms with Crippen LogP contribution in [0.3, 0.4) is 0 Å². The summed E-state index contributed by atoms with van der Waals surface area (Å²) in [4.78, 5) is 18.2. The zero-order valence-electron chi connectivity index (χ0n) is 21.5. The summed E-state index contributed by atoms with van der Waals surface area (Å²) >= 11 is 0. The molecular weight excluding hydrogens is 446 g/mol. The standard InChI is InChI=1S/C31H39N3O2/c1-36-30-14-8-7-13-29(30)34-21-19-33(20-22-34)18-17-28(32-31(35)25-10-3-2-4-11-25)27-16-15-24-9-5-6-12-26(24)23-27/h5-9,12-16,23,25,28H,2-4,10-11,17-22H2,1H3,(H,32,35). The van der Waals surface area contributed by atoms with Crippen molar-refractivity contribution < 1.29 is 9.53 Å². The van der Waals surface area contributed by atoms with Crippen molar-refractivity contribution in [1.29, 1.82) is 0 Å². The largest absolute Gasteiger partial charge is 0.495 e. The highest BCUT2D eigenvalue weighted by molar-refractivity contribution is 5.83. The molecule has 1 atom stereocenters. The second-order valence-corrected chi connectivity index (χ2v) is 10.3. The number of amides is 1. The predicted molar refractivity (Wildman–Crippen MR) is 148 cm³/mol. The third-order valence-corrected chi connectivity index (χ3v) is 8.00. The molecule has 1 unspecified atom stereocenters. The molecule has 1 aliphatic heterocycles. The van der Waals surface area contributed by atoms with Crippen molar-refractivity contribution in [2.75, 3.05) is 44.7 Å². The predicted octanol–water partition coefficient (Wildman–Crippen LogP) is 5.80. The van der Waals surface area contributed by atoms with E-state index in [1.165, 1.54) is 41.3 Å². The smallest absolute Gasteiger partial charge is 0.223 e. The van der Waals surface area contributed by atoms with Crippen molar-refractivity contribution in [1.82, 2.24) is 10.2 Å². The number of methoxy groups -OCH3 is 1. The monoisotopic (exact) mass is 485 g/mol. The SMILES string of the molecule is COc1ccccc1N1CCN(CCC(NC(=O)C2CCCCC2)c2ccc3ccccc3c2)CC1. The Balaban J connectivity index is 1.24. The average Bonchev–Trinajstić information content (AvgIpc) is 2.95. The maximum Gasteiger partial charge on any atom is 0.223 e. The Hall–Kier alpha value is -3.05. The third kappa shape index (κ3) is 5.84. The molecule has 5 heteroatoms. The first-order valence-electron chi connectivity index (χ1n) is 13.6. The molecule has 1 aliphatic carbocycles. The lowest BCUT2D eigenvalue weighted by Gasteiger charge is -2.37. The van der Waals surface area contributed by atoms with Gasteiger partial charge in [-0.05, 0) is 53.8 Å². The number of anilines is 1. The number of piperazine rings is 1. The number of benzene rings is 3. The van der Waals surface area contributed by atoms with Crippen molar-refractivity contribution in [2.45, 2.75) is 44.6 Å². The fraction of sp³-hybridized carbons (Fsp3) is 0.452. The summed E-state index contributed by atoms with van der Waals surface area (Å²) in [6.07, 6.45) is 6.59. The van der Waals surface area contributed by atoms with E-state index in [9.17, 15) is 4.79 Å². The van der Waals surface area contributed by atoms with Crippen molar-refractivity contribution in [2.24, 2.45) is 5.92 Å². The van der Waals surface area contributed by atoms with Gasteiger partial charge in [0.2, 0.25) is 5.91 Å². The lowest BCUT2D eigenvalue weighted by molar-refractivity contribution is -0.126. The Labute approximate surface area is 215 Å². The van der Waals surface area contributed by atoms with Crippen molar-refractivity contribution in [3.05, 3.63) is 72.3 Å². The minimum atomic E-state index is 0.0382. The van der Waals surface area contributed by atoms with E-state index in [1.807, 2.05) is 12.1 Å². The van der Waals surface area contributed by atoms with Crippen LogP contribution in [0.15, 0.2) is 66.7 Å². The minimum absolute atomic E-state index is 0.0382. The number of para-hydroxylation sites is 2. The molecule has 0 bridgehead atoms. The second-order valence-electron chi connectivity index (χ2n) is 10.3. The van der Waals surface area contributed by atoms with Gasteiger partial charge in [0.15, 0.2) is 0 Å². The number of hydrogen-bond donors (Lipinski definition) is 1. The van der Waals surface area contributed by atoms with E-state index >= 15 is 0 Å². The second kappa shape index (κ2) is 11.8. The maximum atomic E-state index is 13.2. The Morgan fingerprint density at radius 3 is 2.42 bits per heavy atom. The van der Waals surface area contributed by atoms with Crippen LogP contribution in [0.25, 0.3) is 10.8 Å². The van der Waals surface area contributed by atoms with E-state index in [0.29, 0.717) is 0 Å². The summed E-state index contributed by atoms with van der Waals surface area (Å²) in [5, 5.41) is 5.94. The molecule has 1 saturated carbocycles. The van der Waals surface area contributed by atoms with Gasteiger partial charge in [0.05, 0.1) is 18.8 Å². The van der Waals surface area contributed by atoms with Gasteiger partial charge in [-0.25, -0.2) is 0 Å². The molecular formula is C31H39N3O2. The Morgan fingerprint density at radius 2 is 1.64 bits per heavy atom. The van der Waals surface area contributed by atoms with Crippen LogP contribution in [0, 0.1) is 5.92 Å². The fourth-order valence-electron chi connectivity index (χ4n) is 5.82. The number of nitrogens with one attached hydrogen (secondary N) is 1. The van der Waals surface area contributed by atoms with E-state index in [-0.39, 0.29) is 17.9 Å². The van der Waals surface area contributed by atoms with Gasteiger partial charge in [-0.15, -0.1) is 0 Å². The van der Waals surface area contributed by atoms with Gasteiger partial charge in [-0.1, -0.05) is 67.8 Å². The number of rotatable bonds is 8. The summed E-state index contributed by atoms with van der Waals surface area (Å²) in [6, 6.07) is 23.4. The number of ether oxygens (including phenoxy) is 1. The van der Waals surface area contributed by atoms with Gasteiger partial charge in [0.25, 0.3) is 0 Å². The molecule has 1 saturated heterocycles. The first-order chi connectivity index (χ1) is 17.7. The van der Waals surface area contributed by atoms with Crippen LogP contribution < -0.4 is 15.0 Å². The number of carbonyl (C=O) groups is 1. The number of carbonyl (C=O) groups excluding carboxylic acids is 1. The molecule has 0 radical (unpaired) electrons. The number of nitrogens with zero attached hydrogens (tertiary/aromatic N) is 2. The molecule has 5 rings (SSSR count). The summed E-state index contributed by atoms with van der Waals surface area (Å²) in [5.41, 5.74) is 2.39. The van der Waals surface area contributed by atoms with Crippen LogP contribution in [0.2, 0.25) is 0 Å². The highest BCUT2D eigenvalue weighted by atomic mass is 16.5. The topological polar surface area (TPSA) is 44.8 Å². The summed E-state index contributed by atoms with van der Waals surface area (Å²) < 4.78 is 5.58. The molecule has 1 amide bonds. The molecule has 5 nitrogen and oxygen atoms in total. The van der Waals surface area contributed by atoms with E-state index in [0.717, 1.165) is 57.7 Å². The van der Waals surface area contributed by atoms with Crippen LogP contribution in [-0.2, 0) is 4.79 Å². The number of fused-ring (bicyclic) bond motifs is 1. The highest BCUT2D eigenvalue weighted by Crippen LogP contribution is 2.30. The van der Waals surface area contributed by atoms with Crippen LogP contribution in [0.1, 0.15) is 50.1 Å². The van der Waals surface area contributed by atoms with E-state index < -0.39 is 0 Å². The van der Waals surface area contributed by atoms with E-state index in [2.05, 4.69) is 69.7 Å².